The van der Waals surface area contributed by atoms with Crippen LogP contribution in [0.25, 0.3) is 0 Å². The Bertz CT molecular complexity index is 159. The monoisotopic (exact) mass is 184 g/mol. The number of ether oxygens (including phenoxy) is 1. The van der Waals surface area contributed by atoms with Crippen molar-refractivity contribution in [2.24, 2.45) is 5.92 Å². The highest BCUT2D eigenvalue weighted by Crippen LogP contribution is 2.22. The first kappa shape index (κ1) is 9.44. The number of hydrogen-bond donors (Lipinski definition) is 2. The normalized spacial score (nSPS) is 34.8. The van der Waals surface area contributed by atoms with Crippen LogP contribution in [-0.4, -0.2) is 38.4 Å². The Hall–Kier alpha value is -0.120. The van der Waals surface area contributed by atoms with Crippen molar-refractivity contribution in [3.05, 3.63) is 0 Å². The fraction of sp³-hybridized carbons (Fsp3) is 1.00. The van der Waals surface area contributed by atoms with E-state index in [9.17, 15) is 0 Å². The lowest BCUT2D eigenvalue weighted by Crippen LogP contribution is -2.56. The number of rotatable bonds is 4. The second-order valence-corrected chi connectivity index (χ2v) is 4.13. The Kier molecular flexibility index (Phi) is 3.19. The van der Waals surface area contributed by atoms with Gasteiger partial charge in [-0.3, -0.25) is 0 Å². The highest BCUT2D eigenvalue weighted by Gasteiger charge is 2.27. The van der Waals surface area contributed by atoms with Crippen molar-refractivity contribution in [1.29, 1.82) is 0 Å². The lowest BCUT2D eigenvalue weighted by molar-refractivity contribution is 0.0860. The van der Waals surface area contributed by atoms with Gasteiger partial charge in [0.05, 0.1) is 6.10 Å². The summed E-state index contributed by atoms with van der Waals surface area (Å²) in [7, 11) is 0. The van der Waals surface area contributed by atoms with Crippen molar-refractivity contribution in [3.8, 4) is 0 Å². The van der Waals surface area contributed by atoms with Crippen LogP contribution in [0.15, 0.2) is 0 Å². The molecule has 2 aliphatic heterocycles. The largest absolute Gasteiger partial charge is 0.378 e. The minimum Gasteiger partial charge on any atom is -0.378 e. The molecule has 2 saturated heterocycles. The lowest BCUT2D eigenvalue weighted by Gasteiger charge is -2.30. The van der Waals surface area contributed by atoms with Crippen molar-refractivity contribution in [1.82, 2.24) is 10.6 Å². The van der Waals surface area contributed by atoms with Crippen molar-refractivity contribution in [2.75, 3.05) is 26.2 Å². The van der Waals surface area contributed by atoms with Crippen molar-refractivity contribution in [3.63, 3.8) is 0 Å². The molecule has 0 aromatic carbocycles. The third-order valence-corrected chi connectivity index (χ3v) is 3.20. The molecule has 0 aromatic heterocycles. The highest BCUT2D eigenvalue weighted by atomic mass is 16.5. The van der Waals surface area contributed by atoms with Crippen LogP contribution < -0.4 is 10.6 Å². The SMILES string of the molecule is CCC1OCCC1CNC1CNC1. The topological polar surface area (TPSA) is 33.3 Å². The van der Waals surface area contributed by atoms with Gasteiger partial charge in [-0.2, -0.15) is 0 Å². The zero-order chi connectivity index (χ0) is 9.10. The summed E-state index contributed by atoms with van der Waals surface area (Å²) in [4.78, 5) is 0. The van der Waals surface area contributed by atoms with Crippen LogP contribution in [0.2, 0.25) is 0 Å². The second-order valence-electron chi connectivity index (χ2n) is 4.13. The Balaban J connectivity index is 1.67. The standard InChI is InChI=1S/C10H20N2O/c1-2-10-8(3-4-13-10)5-12-9-6-11-7-9/h8-12H,2-7H2,1H3. The van der Waals surface area contributed by atoms with Crippen LogP contribution in [-0.2, 0) is 4.74 Å². The Labute approximate surface area is 80.2 Å². The molecule has 2 atom stereocenters. The minimum absolute atomic E-state index is 0.514. The first-order valence-electron chi connectivity index (χ1n) is 5.46. The zero-order valence-electron chi connectivity index (χ0n) is 8.38. The maximum absolute atomic E-state index is 5.64. The average molecular weight is 184 g/mol. The summed E-state index contributed by atoms with van der Waals surface area (Å²) in [5.74, 6) is 0.755. The lowest BCUT2D eigenvalue weighted by atomic mass is 9.99. The van der Waals surface area contributed by atoms with Crippen LogP contribution in [0.5, 0.6) is 0 Å². The third kappa shape index (κ3) is 2.22. The molecule has 0 aliphatic carbocycles. The van der Waals surface area contributed by atoms with E-state index in [-0.39, 0.29) is 0 Å². The van der Waals surface area contributed by atoms with Gasteiger partial charge in [0, 0.05) is 32.3 Å². The van der Waals surface area contributed by atoms with E-state index in [1.807, 2.05) is 0 Å². The summed E-state index contributed by atoms with van der Waals surface area (Å²) in [5, 5.41) is 6.85. The smallest absolute Gasteiger partial charge is 0.0613 e. The summed E-state index contributed by atoms with van der Waals surface area (Å²) in [5.41, 5.74) is 0. The number of hydrogen-bond acceptors (Lipinski definition) is 3. The molecule has 3 heteroatoms. The first-order valence-corrected chi connectivity index (χ1v) is 5.46. The van der Waals surface area contributed by atoms with Gasteiger partial charge >= 0.3 is 0 Å². The molecule has 2 rings (SSSR count). The van der Waals surface area contributed by atoms with E-state index in [0.717, 1.165) is 44.6 Å². The fourth-order valence-corrected chi connectivity index (χ4v) is 2.13. The van der Waals surface area contributed by atoms with Crippen LogP contribution in [0.4, 0.5) is 0 Å². The summed E-state index contributed by atoms with van der Waals surface area (Å²) in [6.45, 7) is 6.61. The molecule has 0 bridgehead atoms. The van der Waals surface area contributed by atoms with Crippen molar-refractivity contribution < 1.29 is 4.74 Å². The van der Waals surface area contributed by atoms with Gasteiger partial charge in [-0.1, -0.05) is 6.92 Å². The van der Waals surface area contributed by atoms with Gasteiger partial charge in [-0.15, -0.1) is 0 Å². The van der Waals surface area contributed by atoms with Crippen LogP contribution in [0, 0.1) is 5.92 Å². The molecule has 13 heavy (non-hydrogen) atoms. The fourth-order valence-electron chi connectivity index (χ4n) is 2.13. The Morgan fingerprint density at radius 3 is 2.92 bits per heavy atom. The van der Waals surface area contributed by atoms with E-state index in [2.05, 4.69) is 17.6 Å². The molecule has 2 fully saturated rings. The van der Waals surface area contributed by atoms with Gasteiger partial charge in [0.1, 0.15) is 0 Å². The van der Waals surface area contributed by atoms with E-state index in [1.165, 1.54) is 6.42 Å². The first-order chi connectivity index (χ1) is 6.40. The molecule has 0 saturated carbocycles. The molecule has 2 unspecified atom stereocenters. The molecule has 3 nitrogen and oxygen atoms in total. The van der Waals surface area contributed by atoms with Gasteiger partial charge in [-0.25, -0.2) is 0 Å². The maximum atomic E-state index is 5.64. The molecule has 0 aromatic rings. The molecule has 2 aliphatic rings. The Morgan fingerprint density at radius 1 is 1.46 bits per heavy atom. The predicted octanol–water partition coefficient (Wildman–Crippen LogP) is 0.363. The number of nitrogens with one attached hydrogen (secondary N) is 2. The van der Waals surface area contributed by atoms with E-state index < -0.39 is 0 Å². The van der Waals surface area contributed by atoms with E-state index in [1.54, 1.807) is 0 Å². The molecule has 0 radical (unpaired) electrons. The van der Waals surface area contributed by atoms with Gasteiger partial charge < -0.3 is 15.4 Å². The molecule has 76 valence electrons. The van der Waals surface area contributed by atoms with Crippen LogP contribution >= 0.6 is 0 Å². The molecular weight excluding hydrogens is 164 g/mol. The summed E-state index contributed by atoms with van der Waals surface area (Å²) in [6, 6.07) is 0.720. The molecular formula is C10H20N2O. The second kappa shape index (κ2) is 4.40. The van der Waals surface area contributed by atoms with Gasteiger partial charge in [0.25, 0.3) is 0 Å². The van der Waals surface area contributed by atoms with Gasteiger partial charge in [0.2, 0.25) is 0 Å². The maximum Gasteiger partial charge on any atom is 0.0613 e. The Morgan fingerprint density at radius 2 is 2.31 bits per heavy atom. The molecule has 2 N–H and O–H groups in total. The van der Waals surface area contributed by atoms with Crippen LogP contribution in [0.1, 0.15) is 19.8 Å². The van der Waals surface area contributed by atoms with E-state index >= 15 is 0 Å². The minimum atomic E-state index is 0.514. The highest BCUT2D eigenvalue weighted by molar-refractivity contribution is 4.84. The third-order valence-electron chi connectivity index (χ3n) is 3.20. The van der Waals surface area contributed by atoms with Crippen LogP contribution in [0.3, 0.4) is 0 Å². The summed E-state index contributed by atoms with van der Waals surface area (Å²) in [6.07, 6.45) is 2.92. The summed E-state index contributed by atoms with van der Waals surface area (Å²) < 4.78 is 5.64. The predicted molar refractivity (Wildman–Crippen MR) is 52.8 cm³/mol. The molecule has 0 amide bonds. The van der Waals surface area contributed by atoms with E-state index in [0.29, 0.717) is 6.10 Å². The zero-order valence-corrected chi connectivity index (χ0v) is 8.38. The van der Waals surface area contributed by atoms with E-state index in [4.69, 9.17) is 4.74 Å². The quantitative estimate of drug-likeness (QED) is 0.662. The molecule has 2 heterocycles. The van der Waals surface area contributed by atoms with Gasteiger partial charge in [0.15, 0.2) is 0 Å². The van der Waals surface area contributed by atoms with Crippen molar-refractivity contribution in [2.45, 2.75) is 31.9 Å². The summed E-state index contributed by atoms with van der Waals surface area (Å²) >= 11 is 0. The molecule has 0 spiro atoms. The van der Waals surface area contributed by atoms with Gasteiger partial charge in [-0.05, 0) is 18.8 Å². The average Bonchev–Trinajstić information content (AvgIpc) is 2.49. The van der Waals surface area contributed by atoms with Crippen molar-refractivity contribution >= 4 is 0 Å².